The van der Waals surface area contributed by atoms with Gasteiger partial charge >= 0.3 is 5.97 Å². The normalized spacial score (nSPS) is 10.5. The van der Waals surface area contributed by atoms with Gasteiger partial charge in [-0.25, -0.2) is 9.18 Å². The summed E-state index contributed by atoms with van der Waals surface area (Å²) in [6.07, 6.45) is 1.08. The molecule has 0 amide bonds. The molecule has 0 unspecified atom stereocenters. The molecule has 6 heteroatoms. The predicted octanol–water partition coefficient (Wildman–Crippen LogP) is 1.72. The molecule has 0 aliphatic rings. The smallest absolute Gasteiger partial charge is 0.341 e. The highest BCUT2D eigenvalue weighted by Crippen LogP contribution is 2.16. The molecule has 19 heavy (non-hydrogen) atoms. The molecule has 0 bridgehead atoms. The molecular formula is C13H12FNO4. The zero-order valence-corrected chi connectivity index (χ0v) is 10.5. The Morgan fingerprint density at radius 2 is 2.21 bits per heavy atom. The van der Waals surface area contributed by atoms with Crippen LogP contribution < -0.4 is 5.56 Å². The van der Waals surface area contributed by atoms with Crippen LogP contribution in [0.3, 0.4) is 0 Å². The molecule has 2 heterocycles. The summed E-state index contributed by atoms with van der Waals surface area (Å²) in [5.41, 5.74) is -0.0583. The van der Waals surface area contributed by atoms with Crippen LogP contribution in [0.1, 0.15) is 21.9 Å². The van der Waals surface area contributed by atoms with E-state index in [1.54, 1.807) is 6.92 Å². The van der Waals surface area contributed by atoms with Gasteiger partial charge in [0.15, 0.2) is 0 Å². The number of halogens is 1. The van der Waals surface area contributed by atoms with Crippen LogP contribution in [0, 0.1) is 12.7 Å². The van der Waals surface area contributed by atoms with Crippen LogP contribution in [0.2, 0.25) is 0 Å². The summed E-state index contributed by atoms with van der Waals surface area (Å²) in [5, 5.41) is 0. The second kappa shape index (κ2) is 5.09. The first-order valence-electron chi connectivity index (χ1n) is 5.55. The molecule has 0 saturated carbocycles. The summed E-state index contributed by atoms with van der Waals surface area (Å²) in [7, 11) is 1.27. The molecule has 100 valence electrons. The zero-order chi connectivity index (χ0) is 14.0. The van der Waals surface area contributed by atoms with E-state index in [0.717, 1.165) is 22.9 Å². The third kappa shape index (κ3) is 2.73. The molecule has 0 aliphatic heterocycles. The number of rotatable bonds is 3. The van der Waals surface area contributed by atoms with Crippen molar-refractivity contribution in [2.45, 2.75) is 13.5 Å². The van der Waals surface area contributed by atoms with E-state index in [0.29, 0.717) is 17.1 Å². The van der Waals surface area contributed by atoms with Gasteiger partial charge in [-0.1, -0.05) is 0 Å². The number of pyridine rings is 1. The van der Waals surface area contributed by atoms with Gasteiger partial charge in [0.1, 0.15) is 22.9 Å². The minimum absolute atomic E-state index is 0.0500. The second-order valence-corrected chi connectivity index (χ2v) is 3.99. The van der Waals surface area contributed by atoms with E-state index in [1.165, 1.54) is 13.2 Å². The fourth-order valence-corrected chi connectivity index (χ4v) is 1.73. The lowest BCUT2D eigenvalue weighted by atomic mass is 10.2. The van der Waals surface area contributed by atoms with Gasteiger partial charge in [0.2, 0.25) is 0 Å². The number of hydrogen-bond acceptors (Lipinski definition) is 4. The van der Waals surface area contributed by atoms with Gasteiger partial charge in [-0.3, -0.25) is 4.79 Å². The summed E-state index contributed by atoms with van der Waals surface area (Å²) < 4.78 is 24.2. The van der Waals surface area contributed by atoms with Crippen LogP contribution in [0.5, 0.6) is 0 Å². The zero-order valence-electron chi connectivity index (χ0n) is 10.5. The number of esters is 1. The number of nitrogens with zero attached hydrogens (tertiary/aromatic N) is 1. The molecule has 2 rings (SSSR count). The van der Waals surface area contributed by atoms with Crippen molar-refractivity contribution in [3.8, 4) is 0 Å². The summed E-state index contributed by atoms with van der Waals surface area (Å²) in [6.45, 7) is 1.67. The van der Waals surface area contributed by atoms with Crippen molar-refractivity contribution in [2.24, 2.45) is 0 Å². The van der Waals surface area contributed by atoms with E-state index in [1.807, 2.05) is 0 Å². The van der Waals surface area contributed by atoms with Gasteiger partial charge in [0.25, 0.3) is 5.56 Å². The van der Waals surface area contributed by atoms with E-state index in [4.69, 9.17) is 4.42 Å². The maximum atomic E-state index is 13.1. The Balaban J connectivity index is 2.32. The number of furan rings is 1. The van der Waals surface area contributed by atoms with Crippen molar-refractivity contribution in [3.63, 3.8) is 0 Å². The number of methoxy groups -OCH3 is 1. The van der Waals surface area contributed by atoms with Gasteiger partial charge in [-0.05, 0) is 19.1 Å². The Hall–Kier alpha value is -2.37. The Bertz CT molecular complexity index is 672. The monoisotopic (exact) mass is 265 g/mol. The molecule has 0 fully saturated rings. The lowest BCUT2D eigenvalue weighted by molar-refractivity contribution is 0.0599. The molecule has 0 aromatic carbocycles. The molecule has 2 aromatic heterocycles. The first-order valence-corrected chi connectivity index (χ1v) is 5.55. The van der Waals surface area contributed by atoms with Crippen LogP contribution in [-0.2, 0) is 11.3 Å². The van der Waals surface area contributed by atoms with Crippen LogP contribution in [-0.4, -0.2) is 17.6 Å². The van der Waals surface area contributed by atoms with Gasteiger partial charge in [-0.2, -0.15) is 0 Å². The topological polar surface area (TPSA) is 61.4 Å². The summed E-state index contributed by atoms with van der Waals surface area (Å²) in [4.78, 5) is 22.9. The van der Waals surface area contributed by atoms with Crippen molar-refractivity contribution in [2.75, 3.05) is 7.11 Å². The third-order valence-electron chi connectivity index (χ3n) is 2.65. The highest BCUT2D eigenvalue weighted by atomic mass is 19.1. The SMILES string of the molecule is COC(=O)c1cc(Cn2cc(F)ccc2=O)oc1C. The van der Waals surface area contributed by atoms with Crippen LogP contribution >= 0.6 is 0 Å². The molecule has 5 nitrogen and oxygen atoms in total. The molecule has 0 radical (unpaired) electrons. The lowest BCUT2D eigenvalue weighted by Crippen LogP contribution is -2.19. The van der Waals surface area contributed by atoms with Crippen LogP contribution in [0.4, 0.5) is 4.39 Å². The van der Waals surface area contributed by atoms with E-state index >= 15 is 0 Å². The Morgan fingerprint density at radius 3 is 2.89 bits per heavy atom. The summed E-state index contributed by atoms with van der Waals surface area (Å²) in [6, 6.07) is 3.71. The summed E-state index contributed by atoms with van der Waals surface area (Å²) in [5.74, 6) is -0.257. The molecule has 0 saturated heterocycles. The third-order valence-corrected chi connectivity index (χ3v) is 2.65. The minimum Gasteiger partial charge on any atom is -0.465 e. The molecule has 0 aliphatic carbocycles. The second-order valence-electron chi connectivity index (χ2n) is 3.99. The number of ether oxygens (including phenoxy) is 1. The Labute approximate surface area is 108 Å². The van der Waals surface area contributed by atoms with Crippen molar-refractivity contribution in [1.29, 1.82) is 0 Å². The average Bonchev–Trinajstić information content (AvgIpc) is 2.74. The minimum atomic E-state index is -0.518. The lowest BCUT2D eigenvalue weighted by Gasteiger charge is -2.02. The first-order chi connectivity index (χ1) is 9.01. The van der Waals surface area contributed by atoms with Gasteiger partial charge in [0.05, 0.1) is 13.7 Å². The maximum Gasteiger partial charge on any atom is 0.341 e. The quantitative estimate of drug-likeness (QED) is 0.793. The highest BCUT2D eigenvalue weighted by molar-refractivity contribution is 5.90. The molecule has 2 aromatic rings. The summed E-state index contributed by atoms with van der Waals surface area (Å²) >= 11 is 0. The number of aryl methyl sites for hydroxylation is 1. The first kappa shape index (κ1) is 13.1. The fraction of sp³-hybridized carbons (Fsp3) is 0.231. The largest absolute Gasteiger partial charge is 0.465 e. The number of aromatic nitrogens is 1. The maximum absolute atomic E-state index is 13.1. The number of hydrogen-bond donors (Lipinski definition) is 0. The molecule has 0 N–H and O–H groups in total. The van der Waals surface area contributed by atoms with Crippen molar-refractivity contribution >= 4 is 5.97 Å². The molecular weight excluding hydrogens is 253 g/mol. The van der Waals surface area contributed by atoms with E-state index < -0.39 is 11.8 Å². The predicted molar refractivity (Wildman–Crippen MR) is 64.5 cm³/mol. The van der Waals surface area contributed by atoms with Gasteiger partial charge < -0.3 is 13.7 Å². The van der Waals surface area contributed by atoms with E-state index in [2.05, 4.69) is 4.74 Å². The molecule has 0 spiro atoms. The Morgan fingerprint density at radius 1 is 1.47 bits per heavy atom. The van der Waals surface area contributed by atoms with Gasteiger partial charge in [0, 0.05) is 12.3 Å². The van der Waals surface area contributed by atoms with Crippen LogP contribution in [0.25, 0.3) is 0 Å². The van der Waals surface area contributed by atoms with Gasteiger partial charge in [-0.15, -0.1) is 0 Å². The van der Waals surface area contributed by atoms with Crippen LogP contribution in [0.15, 0.2) is 33.6 Å². The van der Waals surface area contributed by atoms with Crippen molar-refractivity contribution in [1.82, 2.24) is 4.57 Å². The Kier molecular flexibility index (Phi) is 3.50. The number of carbonyl (C=O) groups excluding carboxylic acids is 1. The standard InChI is InChI=1S/C13H12FNO4/c1-8-11(13(17)18-2)5-10(19-8)7-15-6-9(14)3-4-12(15)16/h3-6H,7H2,1-2H3. The van der Waals surface area contributed by atoms with Crippen molar-refractivity contribution in [3.05, 3.63) is 57.7 Å². The van der Waals surface area contributed by atoms with E-state index in [9.17, 15) is 14.0 Å². The average molecular weight is 265 g/mol. The fourth-order valence-electron chi connectivity index (χ4n) is 1.73. The van der Waals surface area contributed by atoms with Crippen molar-refractivity contribution < 1.29 is 18.3 Å². The number of carbonyl (C=O) groups is 1. The van der Waals surface area contributed by atoms with E-state index in [-0.39, 0.29) is 12.1 Å². The highest BCUT2D eigenvalue weighted by Gasteiger charge is 2.15. The molecule has 0 atom stereocenters.